The molecule has 4 fully saturated rings. The second-order valence-corrected chi connectivity index (χ2v) is 10.3. The van der Waals surface area contributed by atoms with Gasteiger partial charge in [0.05, 0.1) is 21.0 Å². The Morgan fingerprint density at radius 3 is 2.45 bits per heavy atom. The number of benzene rings is 2. The molecular formula is C25H25ClN2O5. The largest absolute Gasteiger partial charge is 0.455 e. The number of hydrogen-bond acceptors (Lipinski definition) is 5. The summed E-state index contributed by atoms with van der Waals surface area (Å²) in [6, 6.07) is 14.3. The molecule has 4 aliphatic rings. The maximum Gasteiger partial charge on any atom is 0.312 e. The zero-order valence-electron chi connectivity index (χ0n) is 18.1. The lowest BCUT2D eigenvalue weighted by atomic mass is 9.43. The molecule has 4 bridgehead atoms. The number of carbonyl (C=O) groups is 2. The molecule has 0 saturated heterocycles. The number of ether oxygens (including phenoxy) is 1. The molecule has 2 unspecified atom stereocenters. The highest BCUT2D eigenvalue weighted by atomic mass is 35.5. The van der Waals surface area contributed by atoms with Gasteiger partial charge in [-0.2, -0.15) is 0 Å². The van der Waals surface area contributed by atoms with E-state index in [1.807, 2.05) is 6.07 Å². The van der Waals surface area contributed by atoms with Gasteiger partial charge in [0.1, 0.15) is 0 Å². The Balaban J connectivity index is 1.28. The SMILES string of the molecule is O=C(COC(=O)C12C[C@H]3C[C@@H](C1)CC(c1ccccc1)(C3)C2)Nc1cc([N+](=O)[O-])ccc1Cl. The molecule has 33 heavy (non-hydrogen) atoms. The summed E-state index contributed by atoms with van der Waals surface area (Å²) in [6.45, 7) is -0.451. The van der Waals surface area contributed by atoms with Crippen LogP contribution >= 0.6 is 11.6 Å². The van der Waals surface area contributed by atoms with Gasteiger partial charge in [-0.1, -0.05) is 41.9 Å². The van der Waals surface area contributed by atoms with Crippen LogP contribution in [-0.4, -0.2) is 23.4 Å². The van der Waals surface area contributed by atoms with Crippen LogP contribution in [0.4, 0.5) is 11.4 Å². The van der Waals surface area contributed by atoms with E-state index in [-0.39, 0.29) is 27.8 Å². The van der Waals surface area contributed by atoms with Gasteiger partial charge in [0.15, 0.2) is 6.61 Å². The highest BCUT2D eigenvalue weighted by Gasteiger charge is 2.61. The molecule has 0 aromatic heterocycles. The number of nitro benzene ring substituents is 1. The molecule has 4 saturated carbocycles. The summed E-state index contributed by atoms with van der Waals surface area (Å²) in [5.41, 5.74) is 0.678. The van der Waals surface area contributed by atoms with Gasteiger partial charge in [0, 0.05) is 12.1 Å². The molecule has 0 heterocycles. The van der Waals surface area contributed by atoms with E-state index in [4.69, 9.17) is 16.3 Å². The number of nitrogens with one attached hydrogen (secondary N) is 1. The third kappa shape index (κ3) is 3.99. The van der Waals surface area contributed by atoms with E-state index in [2.05, 4.69) is 29.6 Å². The molecular weight excluding hydrogens is 444 g/mol. The number of hydrogen-bond donors (Lipinski definition) is 1. The lowest BCUT2D eigenvalue weighted by Gasteiger charge is -2.61. The number of anilines is 1. The minimum absolute atomic E-state index is 0.00310. The molecule has 0 aliphatic heterocycles. The lowest BCUT2D eigenvalue weighted by molar-refractivity contribution is -0.384. The summed E-state index contributed by atoms with van der Waals surface area (Å²) >= 11 is 6.05. The maximum atomic E-state index is 13.3. The number of rotatable bonds is 6. The van der Waals surface area contributed by atoms with Crippen molar-refractivity contribution in [2.45, 2.75) is 43.9 Å². The molecule has 4 aliphatic carbocycles. The van der Waals surface area contributed by atoms with Crippen molar-refractivity contribution in [2.75, 3.05) is 11.9 Å². The first-order valence-electron chi connectivity index (χ1n) is 11.3. The first-order chi connectivity index (χ1) is 15.8. The molecule has 4 atom stereocenters. The van der Waals surface area contributed by atoms with Crippen LogP contribution in [0.2, 0.25) is 5.02 Å². The standard InChI is InChI=1S/C25H25ClN2O5/c26-20-7-6-19(28(31)32)9-21(20)27-22(29)14-33-23(30)25-12-16-8-17(13-25)11-24(10-16,15-25)18-4-2-1-3-5-18/h1-7,9,16-17H,8,10-15H2,(H,27,29)/t16-,17+,24?,25?. The fourth-order valence-electron chi connectivity index (χ4n) is 6.82. The summed E-state index contributed by atoms with van der Waals surface area (Å²) < 4.78 is 5.53. The van der Waals surface area contributed by atoms with Crippen LogP contribution in [0.25, 0.3) is 0 Å². The van der Waals surface area contributed by atoms with E-state index in [1.54, 1.807) is 0 Å². The molecule has 0 radical (unpaired) electrons. The van der Waals surface area contributed by atoms with Crippen molar-refractivity contribution in [3.05, 3.63) is 69.2 Å². The molecule has 0 spiro atoms. The number of halogens is 1. The Bertz CT molecular complexity index is 1110. The average molecular weight is 469 g/mol. The average Bonchev–Trinajstić information content (AvgIpc) is 2.78. The van der Waals surface area contributed by atoms with Crippen LogP contribution in [0.3, 0.4) is 0 Å². The van der Waals surface area contributed by atoms with Gasteiger partial charge in [-0.3, -0.25) is 19.7 Å². The van der Waals surface area contributed by atoms with Crippen molar-refractivity contribution in [1.29, 1.82) is 0 Å². The topological polar surface area (TPSA) is 98.5 Å². The Labute approximate surface area is 196 Å². The van der Waals surface area contributed by atoms with E-state index >= 15 is 0 Å². The second-order valence-electron chi connectivity index (χ2n) is 9.93. The van der Waals surface area contributed by atoms with Gasteiger partial charge in [-0.05, 0) is 67.4 Å². The molecule has 8 heteroatoms. The van der Waals surface area contributed by atoms with Crippen molar-refractivity contribution < 1.29 is 19.2 Å². The molecule has 7 nitrogen and oxygen atoms in total. The Kier molecular flexibility index (Phi) is 5.40. The van der Waals surface area contributed by atoms with E-state index < -0.39 is 22.9 Å². The van der Waals surface area contributed by atoms with E-state index in [0.29, 0.717) is 11.8 Å². The number of esters is 1. The summed E-state index contributed by atoms with van der Waals surface area (Å²) in [7, 11) is 0. The number of non-ortho nitro benzene ring substituents is 1. The van der Waals surface area contributed by atoms with Crippen LogP contribution < -0.4 is 5.32 Å². The minimum Gasteiger partial charge on any atom is -0.455 e. The van der Waals surface area contributed by atoms with Gasteiger partial charge in [0.2, 0.25) is 0 Å². The fourth-order valence-corrected chi connectivity index (χ4v) is 6.99. The zero-order chi connectivity index (χ0) is 23.2. The predicted molar refractivity (Wildman–Crippen MR) is 123 cm³/mol. The first kappa shape index (κ1) is 21.9. The third-order valence-electron chi connectivity index (χ3n) is 7.65. The van der Waals surface area contributed by atoms with Gasteiger partial charge in [-0.15, -0.1) is 0 Å². The first-order valence-corrected chi connectivity index (χ1v) is 11.6. The summed E-state index contributed by atoms with van der Waals surface area (Å²) in [4.78, 5) is 36.2. The molecule has 172 valence electrons. The van der Waals surface area contributed by atoms with Crippen molar-refractivity contribution in [1.82, 2.24) is 0 Å². The third-order valence-corrected chi connectivity index (χ3v) is 7.98. The van der Waals surface area contributed by atoms with Crippen molar-refractivity contribution in [3.8, 4) is 0 Å². The number of nitro groups is 1. The van der Waals surface area contributed by atoms with Crippen molar-refractivity contribution in [2.24, 2.45) is 17.3 Å². The highest BCUT2D eigenvalue weighted by Crippen LogP contribution is 2.66. The number of nitrogens with zero attached hydrogens (tertiary/aromatic N) is 1. The normalized spacial score (nSPS) is 29.5. The minimum atomic E-state index is -0.576. The van der Waals surface area contributed by atoms with E-state index in [0.717, 1.165) is 38.5 Å². The fraction of sp³-hybridized carbons (Fsp3) is 0.440. The van der Waals surface area contributed by atoms with Crippen molar-refractivity contribution in [3.63, 3.8) is 0 Å². The zero-order valence-corrected chi connectivity index (χ0v) is 18.8. The quantitative estimate of drug-likeness (QED) is 0.354. The van der Waals surface area contributed by atoms with Gasteiger partial charge in [-0.25, -0.2) is 0 Å². The molecule has 2 aromatic rings. The van der Waals surface area contributed by atoms with Gasteiger partial charge < -0.3 is 10.1 Å². The van der Waals surface area contributed by atoms with E-state index in [1.165, 1.54) is 23.8 Å². The lowest BCUT2D eigenvalue weighted by Crippen LogP contribution is -2.57. The second kappa shape index (κ2) is 8.13. The van der Waals surface area contributed by atoms with Crippen LogP contribution in [0, 0.1) is 27.4 Å². The summed E-state index contributed by atoms with van der Waals surface area (Å²) in [5, 5.41) is 13.7. The Morgan fingerprint density at radius 1 is 1.09 bits per heavy atom. The maximum absolute atomic E-state index is 13.3. The van der Waals surface area contributed by atoms with Gasteiger partial charge in [0.25, 0.3) is 11.6 Å². The Hall–Kier alpha value is -2.93. The highest BCUT2D eigenvalue weighted by molar-refractivity contribution is 6.33. The van der Waals surface area contributed by atoms with Crippen LogP contribution in [0.15, 0.2) is 48.5 Å². The molecule has 1 amide bonds. The smallest absolute Gasteiger partial charge is 0.312 e. The van der Waals surface area contributed by atoms with Crippen molar-refractivity contribution >= 4 is 34.9 Å². The van der Waals surface area contributed by atoms with E-state index in [9.17, 15) is 19.7 Å². The monoisotopic (exact) mass is 468 g/mol. The van der Waals surface area contributed by atoms with Crippen LogP contribution in [-0.2, 0) is 19.7 Å². The van der Waals surface area contributed by atoms with Crippen LogP contribution in [0.5, 0.6) is 0 Å². The Morgan fingerprint density at radius 2 is 1.79 bits per heavy atom. The molecule has 6 rings (SSSR count). The molecule has 2 aromatic carbocycles. The summed E-state index contributed by atoms with van der Waals surface area (Å²) in [5.74, 6) is 0.110. The predicted octanol–water partition coefficient (Wildman–Crippen LogP) is 5.27. The summed E-state index contributed by atoms with van der Waals surface area (Å²) in [6.07, 6.45) is 5.76. The van der Waals surface area contributed by atoms with Crippen LogP contribution in [0.1, 0.15) is 44.1 Å². The number of amides is 1. The molecule has 1 N–H and O–H groups in total. The van der Waals surface area contributed by atoms with Gasteiger partial charge >= 0.3 is 5.97 Å². The number of carbonyl (C=O) groups excluding carboxylic acids is 2.